The van der Waals surface area contributed by atoms with Crippen LogP contribution in [0.3, 0.4) is 0 Å². The molecule has 0 aromatic heterocycles. The molecule has 2 aliphatic carbocycles. The third-order valence-electron chi connectivity index (χ3n) is 15.1. The molecule has 73 heavy (non-hydrogen) atoms. The van der Waals surface area contributed by atoms with E-state index in [1.54, 1.807) is 27.9 Å². The molecule has 18 heteroatoms. The predicted molar refractivity (Wildman–Crippen MR) is 278 cm³/mol. The minimum absolute atomic E-state index is 0.0165. The summed E-state index contributed by atoms with van der Waals surface area (Å²) >= 11 is 0. The Morgan fingerprint density at radius 1 is 0.562 bits per heavy atom. The topological polar surface area (TPSA) is 239 Å². The molecule has 1 unspecified atom stereocenters. The zero-order valence-electron chi connectivity index (χ0n) is 44.7. The van der Waals surface area contributed by atoms with Crippen molar-refractivity contribution in [3.8, 4) is 0 Å². The average molecular weight is 1010 g/mol. The zero-order chi connectivity index (χ0) is 53.4. The molecule has 0 radical (unpaired) electrons. The summed E-state index contributed by atoms with van der Waals surface area (Å²) in [6, 6.07) is 9.49. The van der Waals surface area contributed by atoms with Gasteiger partial charge in [-0.3, -0.25) is 38.4 Å². The minimum atomic E-state index is -0.966. The zero-order valence-corrected chi connectivity index (χ0v) is 44.7. The molecule has 8 N–H and O–H groups in total. The quantitative estimate of drug-likeness (QED) is 0.109. The van der Waals surface area contributed by atoms with Gasteiger partial charge in [-0.1, -0.05) is 90.1 Å². The molecule has 2 aromatic carbocycles. The lowest BCUT2D eigenvalue weighted by atomic mass is 9.85. The summed E-state index contributed by atoms with van der Waals surface area (Å²) in [7, 11) is 3.31. The highest BCUT2D eigenvalue weighted by molar-refractivity contribution is 5.95. The first-order valence-corrected chi connectivity index (χ1v) is 26.4. The van der Waals surface area contributed by atoms with Crippen molar-refractivity contribution >= 4 is 47.3 Å². The van der Waals surface area contributed by atoms with Crippen molar-refractivity contribution < 1.29 is 38.4 Å². The monoisotopic (exact) mass is 1010 g/mol. The summed E-state index contributed by atoms with van der Waals surface area (Å²) < 4.78 is 0. The number of likely N-dealkylation sites (N-methyl/N-ethyl adjacent to an activating group) is 2. The molecule has 2 heterocycles. The van der Waals surface area contributed by atoms with Gasteiger partial charge >= 0.3 is 0 Å². The molecule has 4 aliphatic rings. The number of hydrogen-bond acceptors (Lipinski definition) is 10. The van der Waals surface area contributed by atoms with Crippen LogP contribution >= 0.6 is 0 Å². The molecule has 0 bridgehead atoms. The number of benzene rings is 2. The van der Waals surface area contributed by atoms with Crippen LogP contribution in [0.25, 0.3) is 0 Å². The lowest BCUT2D eigenvalue weighted by molar-refractivity contribution is -0.144. The third-order valence-corrected chi connectivity index (χ3v) is 15.1. The Balaban J connectivity index is 1.11. The van der Waals surface area contributed by atoms with Crippen molar-refractivity contribution in [2.24, 2.45) is 10.8 Å². The molecule has 0 spiro atoms. The highest BCUT2D eigenvalue weighted by Gasteiger charge is 2.48. The number of nitrogens with one attached hydrogen (secondary N) is 8. The van der Waals surface area contributed by atoms with Gasteiger partial charge in [0.2, 0.25) is 47.3 Å². The molecule has 8 amide bonds. The SMILES string of the molecule is CN[C@@H](C)C(=O)N[C@H](C(=O)N1C[C@@H](NC(=O)CCCC(=O)N[C@H]2C[C@@H](C(=O)N[C@@H]3CCCc4ccccc43)N(C(=O)[C@@H](NC(=O)[C@H](C)NC)C(C)(C)C)C2)C[C@H]1C(=O)NC1CCCc2ccccc21)C(C)(C)C. The van der Waals surface area contributed by atoms with Crippen LogP contribution in [0.2, 0.25) is 0 Å². The fourth-order valence-corrected chi connectivity index (χ4v) is 10.6. The standard InChI is InChI=1S/C55H82N10O8/c1-32(56-9)48(68)62-46(54(3,4)5)52(72)64-30-36(28-42(64)50(70)60-40-24-15-20-34-18-11-13-22-38(34)40)58-44(66)26-17-27-45(67)59-37-29-43(51(71)61-41-25-16-21-35-19-12-14-23-39(35)41)65(31-37)53(73)47(55(6,7)8)63-49(69)33(2)57-10/h11-14,18-19,22-23,32-33,36-37,40-43,46-47,56-57H,15-17,20-21,24-31H2,1-10H3,(H,58,66)(H,59,67)(H,60,70)(H,61,71)(H,62,68)(H,63,69)/t32-,33-,36-,37-,40+,41?,42-,43-,46+,47+/m0/s1. The largest absolute Gasteiger partial charge is 0.351 e. The highest BCUT2D eigenvalue weighted by Crippen LogP contribution is 2.34. The minimum Gasteiger partial charge on any atom is -0.351 e. The van der Waals surface area contributed by atoms with E-state index >= 15 is 0 Å². The van der Waals surface area contributed by atoms with E-state index in [2.05, 4.69) is 54.7 Å². The number of carbonyl (C=O) groups is 8. The molecule has 2 saturated heterocycles. The van der Waals surface area contributed by atoms with Gasteiger partial charge in [0.15, 0.2) is 0 Å². The Morgan fingerprint density at radius 3 is 1.29 bits per heavy atom. The Hall–Kier alpha value is -5.88. The van der Waals surface area contributed by atoms with E-state index in [4.69, 9.17) is 0 Å². The van der Waals surface area contributed by atoms with Crippen LogP contribution in [0.15, 0.2) is 48.5 Å². The summed E-state index contributed by atoms with van der Waals surface area (Å²) in [6.07, 6.45) is 5.58. The molecule has 400 valence electrons. The maximum Gasteiger partial charge on any atom is 0.246 e. The fraction of sp³-hybridized carbons (Fsp3) is 0.636. The molecule has 6 rings (SSSR count). The second-order valence-electron chi connectivity index (χ2n) is 22.8. The summed E-state index contributed by atoms with van der Waals surface area (Å²) in [5, 5.41) is 24.1. The Morgan fingerprint density at radius 2 is 0.932 bits per heavy atom. The van der Waals surface area contributed by atoms with Crippen molar-refractivity contribution in [3.05, 3.63) is 70.8 Å². The average Bonchev–Trinajstić information content (AvgIpc) is 3.98. The van der Waals surface area contributed by atoms with Crippen molar-refractivity contribution in [2.75, 3.05) is 27.2 Å². The lowest BCUT2D eigenvalue weighted by Crippen LogP contribution is -2.59. The number of rotatable bonds is 18. The number of hydrogen-bond donors (Lipinski definition) is 8. The molecule has 0 saturated carbocycles. The fourth-order valence-electron chi connectivity index (χ4n) is 10.6. The van der Waals surface area contributed by atoms with E-state index in [9.17, 15) is 38.4 Å². The van der Waals surface area contributed by atoms with Crippen molar-refractivity contribution in [1.29, 1.82) is 0 Å². The first kappa shape index (κ1) is 56.4. The van der Waals surface area contributed by atoms with Gasteiger partial charge in [-0.2, -0.15) is 0 Å². The van der Waals surface area contributed by atoms with Crippen molar-refractivity contribution in [3.63, 3.8) is 0 Å². The normalized spacial score (nSPS) is 23.4. The molecule has 18 nitrogen and oxygen atoms in total. The summed E-state index contributed by atoms with van der Waals surface area (Å²) in [4.78, 5) is 114. The number of amides is 8. The number of fused-ring (bicyclic) bond motifs is 2. The lowest BCUT2D eigenvalue weighted by Gasteiger charge is -2.36. The smallest absolute Gasteiger partial charge is 0.246 e. The van der Waals surface area contributed by atoms with Crippen LogP contribution in [0.4, 0.5) is 0 Å². The van der Waals surface area contributed by atoms with Crippen LogP contribution in [-0.4, -0.2) is 133 Å². The van der Waals surface area contributed by atoms with Gasteiger partial charge in [-0.05, 0) is 119 Å². The first-order valence-electron chi connectivity index (χ1n) is 26.4. The first-order chi connectivity index (χ1) is 34.5. The molecular weight excluding hydrogens is 929 g/mol. The van der Waals surface area contributed by atoms with Crippen LogP contribution < -0.4 is 42.5 Å². The van der Waals surface area contributed by atoms with Gasteiger partial charge in [0.25, 0.3) is 0 Å². The van der Waals surface area contributed by atoms with Crippen LogP contribution in [0.1, 0.15) is 148 Å². The van der Waals surface area contributed by atoms with E-state index in [0.29, 0.717) is 0 Å². The van der Waals surface area contributed by atoms with Gasteiger partial charge < -0.3 is 52.3 Å². The van der Waals surface area contributed by atoms with Crippen LogP contribution in [-0.2, 0) is 51.2 Å². The van der Waals surface area contributed by atoms with E-state index in [1.165, 1.54) is 20.9 Å². The second-order valence-corrected chi connectivity index (χ2v) is 22.8. The Bertz CT molecular complexity index is 2190. The molecule has 2 fully saturated rings. The molecule has 2 aromatic rings. The van der Waals surface area contributed by atoms with Gasteiger partial charge in [0.05, 0.1) is 24.2 Å². The third kappa shape index (κ3) is 14.2. The Labute approximate surface area is 431 Å². The number of carbonyl (C=O) groups excluding carboxylic acids is 8. The predicted octanol–water partition coefficient (Wildman–Crippen LogP) is 2.99. The van der Waals surface area contributed by atoms with E-state index in [-0.39, 0.29) is 92.7 Å². The molecule has 10 atom stereocenters. The van der Waals surface area contributed by atoms with E-state index in [0.717, 1.165) is 49.7 Å². The summed E-state index contributed by atoms with van der Waals surface area (Å²) in [5.74, 6) is -2.93. The highest BCUT2D eigenvalue weighted by atomic mass is 16.2. The summed E-state index contributed by atoms with van der Waals surface area (Å²) in [6.45, 7) is 14.6. The van der Waals surface area contributed by atoms with Gasteiger partial charge in [0, 0.05) is 38.0 Å². The molecular formula is C55H82N10O8. The number of likely N-dealkylation sites (tertiary alicyclic amines) is 2. The Kier molecular flexibility index (Phi) is 18.9. The number of aryl methyl sites for hydroxylation is 2. The molecule has 2 aliphatic heterocycles. The van der Waals surface area contributed by atoms with Crippen LogP contribution in [0, 0.1) is 10.8 Å². The van der Waals surface area contributed by atoms with Crippen molar-refractivity contribution in [1.82, 2.24) is 52.3 Å². The van der Waals surface area contributed by atoms with Crippen LogP contribution in [0.5, 0.6) is 0 Å². The van der Waals surface area contributed by atoms with Gasteiger partial charge in [-0.25, -0.2) is 0 Å². The van der Waals surface area contributed by atoms with Gasteiger partial charge in [-0.15, -0.1) is 0 Å². The van der Waals surface area contributed by atoms with E-state index in [1.807, 2.05) is 77.9 Å². The second kappa shape index (κ2) is 24.4. The van der Waals surface area contributed by atoms with Crippen molar-refractivity contribution in [2.45, 2.75) is 186 Å². The summed E-state index contributed by atoms with van der Waals surface area (Å²) in [5.41, 5.74) is 3.01. The maximum atomic E-state index is 14.6. The van der Waals surface area contributed by atoms with Gasteiger partial charge in [0.1, 0.15) is 24.2 Å². The number of nitrogens with zero attached hydrogens (tertiary/aromatic N) is 2. The van der Waals surface area contributed by atoms with E-state index < -0.39 is 71.0 Å². The maximum absolute atomic E-state index is 14.6.